The normalized spacial score (nSPS) is 25.0. The van der Waals surface area contributed by atoms with Crippen molar-refractivity contribution in [1.29, 1.82) is 0 Å². The van der Waals surface area contributed by atoms with Crippen LogP contribution in [0.5, 0.6) is 0 Å². The van der Waals surface area contributed by atoms with Gasteiger partial charge in [0.25, 0.3) is 0 Å². The molecule has 0 radical (unpaired) electrons. The molecule has 0 spiro atoms. The van der Waals surface area contributed by atoms with E-state index >= 15 is 4.39 Å². The predicted molar refractivity (Wildman–Crippen MR) is 97.5 cm³/mol. The Bertz CT molecular complexity index is 348. The lowest BCUT2D eigenvalue weighted by atomic mass is 9.40. The molecule has 0 saturated carbocycles. The molecule has 1 N–H and O–H groups in total. The summed E-state index contributed by atoms with van der Waals surface area (Å²) in [6.45, 7) is 10.3. The van der Waals surface area contributed by atoms with Crippen LogP contribution in [0.4, 0.5) is 4.39 Å². The summed E-state index contributed by atoms with van der Waals surface area (Å²) in [6, 6.07) is 0.103. The molecule has 0 aliphatic carbocycles. The number of hydrogen-bond donors (Lipinski definition) is 1. The Morgan fingerprint density at radius 1 is 1.45 bits per heavy atom. The molecule has 1 heterocycles. The molecule has 0 aromatic rings. The van der Waals surface area contributed by atoms with Gasteiger partial charge in [-0.05, 0) is 38.8 Å². The second kappa shape index (κ2) is 9.59. The first-order valence-corrected chi connectivity index (χ1v) is 9.15. The number of nitrogens with one attached hydrogen (secondary N) is 1. The number of hydrogen-bond acceptors (Lipinski definition) is 2. The van der Waals surface area contributed by atoms with Crippen molar-refractivity contribution in [3.8, 4) is 0 Å². The van der Waals surface area contributed by atoms with Gasteiger partial charge >= 0.3 is 0 Å². The Hall–Kier alpha value is -0.505. The highest BCUT2D eigenvalue weighted by atomic mass is 19.1. The van der Waals surface area contributed by atoms with Gasteiger partial charge in [-0.3, -0.25) is 0 Å². The summed E-state index contributed by atoms with van der Waals surface area (Å²) >= 11 is 0. The number of halogens is 1. The van der Waals surface area contributed by atoms with Gasteiger partial charge in [0.15, 0.2) is 0 Å². The average Bonchev–Trinajstić information content (AvgIpc) is 2.55. The Labute approximate surface area is 138 Å². The van der Waals surface area contributed by atoms with E-state index in [1.807, 2.05) is 7.05 Å². The molecule has 1 saturated heterocycles. The molecule has 0 amide bonds. The first-order valence-electron chi connectivity index (χ1n) is 9.15. The molecule has 0 aromatic carbocycles. The van der Waals surface area contributed by atoms with Gasteiger partial charge in [-0.15, -0.1) is 0 Å². The van der Waals surface area contributed by atoms with E-state index < -0.39 is 6.17 Å². The van der Waals surface area contributed by atoms with Gasteiger partial charge in [-0.2, -0.15) is 0 Å². The van der Waals surface area contributed by atoms with Crippen molar-refractivity contribution in [2.24, 2.45) is 11.8 Å². The highest BCUT2D eigenvalue weighted by Gasteiger charge is 2.37. The van der Waals surface area contributed by atoms with E-state index in [0.717, 1.165) is 25.7 Å². The summed E-state index contributed by atoms with van der Waals surface area (Å²) < 4.78 is 15.3. The molecule has 22 heavy (non-hydrogen) atoms. The van der Waals surface area contributed by atoms with E-state index in [1.54, 1.807) is 0 Å². The molecule has 1 aliphatic rings. The first kappa shape index (κ1) is 19.5. The minimum absolute atomic E-state index is 0.103. The molecule has 1 aliphatic heterocycles. The van der Waals surface area contributed by atoms with Crippen molar-refractivity contribution in [3.63, 3.8) is 0 Å². The average molecular weight is 310 g/mol. The predicted octanol–water partition coefficient (Wildman–Crippen LogP) is 4.33. The van der Waals surface area contributed by atoms with Crippen LogP contribution < -0.4 is 5.32 Å². The smallest absolute Gasteiger partial charge is 0.142 e. The van der Waals surface area contributed by atoms with Crippen molar-refractivity contribution in [1.82, 2.24) is 10.2 Å². The molecule has 128 valence electrons. The Balaban J connectivity index is 2.73. The zero-order valence-corrected chi connectivity index (χ0v) is 15.5. The van der Waals surface area contributed by atoms with Gasteiger partial charge in [0.2, 0.25) is 0 Å². The quantitative estimate of drug-likeness (QED) is 0.671. The van der Waals surface area contributed by atoms with Crippen LogP contribution in [0.25, 0.3) is 0 Å². The van der Waals surface area contributed by atoms with Crippen molar-refractivity contribution in [2.45, 2.75) is 71.7 Å². The minimum atomic E-state index is -0.723. The molecular weight excluding hydrogens is 274 g/mol. The third kappa shape index (κ3) is 5.01. The van der Waals surface area contributed by atoms with Gasteiger partial charge in [-0.1, -0.05) is 52.2 Å². The molecule has 4 heteroatoms. The zero-order valence-electron chi connectivity index (χ0n) is 15.5. The summed E-state index contributed by atoms with van der Waals surface area (Å²) in [5, 5.41) is 3.24. The number of nitrogens with zero attached hydrogens (tertiary/aromatic N) is 1. The van der Waals surface area contributed by atoms with Crippen molar-refractivity contribution < 1.29 is 4.39 Å². The fraction of sp³-hybridized carbons (Fsp3) is 0.889. The largest absolute Gasteiger partial charge is 0.392 e. The third-order valence-electron chi connectivity index (χ3n) is 5.90. The molecule has 0 aromatic heterocycles. The lowest BCUT2D eigenvalue weighted by Crippen LogP contribution is -2.50. The van der Waals surface area contributed by atoms with E-state index in [4.69, 9.17) is 0 Å². The van der Waals surface area contributed by atoms with Gasteiger partial charge in [0.1, 0.15) is 12.9 Å². The second-order valence-electron chi connectivity index (χ2n) is 7.09. The summed E-state index contributed by atoms with van der Waals surface area (Å²) in [7, 11) is 4.06. The molecule has 1 rings (SSSR count). The summed E-state index contributed by atoms with van der Waals surface area (Å²) in [6.07, 6.45) is 6.82. The zero-order chi connectivity index (χ0) is 16.7. The van der Waals surface area contributed by atoms with E-state index in [1.165, 1.54) is 18.3 Å². The molecule has 1 fully saturated rings. The lowest BCUT2D eigenvalue weighted by molar-refractivity contribution is 0.0767. The third-order valence-corrected chi connectivity index (χ3v) is 5.90. The second-order valence-corrected chi connectivity index (χ2v) is 7.09. The number of alkyl halides is 1. The summed E-state index contributed by atoms with van der Waals surface area (Å²) in [5.41, 5.74) is 1.23. The standard InChI is InChI=1S/C18H36BFN2/c1-7-15(12-16(8-2)21-5)14(4)18(20)17-13-19(9-3)10-11-22(17)6/h8,14-15,17-18,21H,7,9-13H2,1-6H3/b16-8-/t14-,15?,17?,18?/m0/s1. The van der Waals surface area contributed by atoms with Crippen LogP contribution in [0, 0.1) is 11.8 Å². The SMILES string of the molecule is C/C=C(/CC(CC)[C@H](C)C(F)C1CB(CC)CCN1C)NC. The maximum atomic E-state index is 15.3. The van der Waals surface area contributed by atoms with E-state index in [0.29, 0.717) is 12.6 Å². The van der Waals surface area contributed by atoms with E-state index in [2.05, 4.69) is 51.0 Å². The topological polar surface area (TPSA) is 15.3 Å². The molecular formula is C18H36BFN2. The Kier molecular flexibility index (Phi) is 8.52. The van der Waals surface area contributed by atoms with Crippen molar-refractivity contribution >= 4 is 6.71 Å². The fourth-order valence-electron chi connectivity index (χ4n) is 3.89. The van der Waals surface area contributed by atoms with Crippen LogP contribution in [0.2, 0.25) is 19.0 Å². The van der Waals surface area contributed by atoms with Crippen LogP contribution in [-0.4, -0.2) is 44.5 Å². The monoisotopic (exact) mass is 310 g/mol. The maximum Gasteiger partial charge on any atom is 0.142 e. The van der Waals surface area contributed by atoms with Crippen LogP contribution >= 0.6 is 0 Å². The molecule has 4 atom stereocenters. The highest BCUT2D eigenvalue weighted by Crippen LogP contribution is 2.33. The Morgan fingerprint density at radius 2 is 2.14 bits per heavy atom. The van der Waals surface area contributed by atoms with Crippen LogP contribution in [0.1, 0.15) is 40.5 Å². The van der Waals surface area contributed by atoms with Crippen LogP contribution in [-0.2, 0) is 0 Å². The van der Waals surface area contributed by atoms with Crippen molar-refractivity contribution in [3.05, 3.63) is 11.8 Å². The lowest BCUT2D eigenvalue weighted by Gasteiger charge is -2.41. The van der Waals surface area contributed by atoms with Gasteiger partial charge in [0.05, 0.1) is 0 Å². The van der Waals surface area contributed by atoms with E-state index in [9.17, 15) is 0 Å². The highest BCUT2D eigenvalue weighted by molar-refractivity contribution is 6.59. The molecule has 2 nitrogen and oxygen atoms in total. The number of allylic oxidation sites excluding steroid dienone is 2. The maximum absolute atomic E-state index is 15.3. The van der Waals surface area contributed by atoms with Crippen LogP contribution in [0.3, 0.4) is 0 Å². The minimum Gasteiger partial charge on any atom is -0.392 e. The van der Waals surface area contributed by atoms with Crippen LogP contribution in [0.15, 0.2) is 11.8 Å². The van der Waals surface area contributed by atoms with Crippen molar-refractivity contribution in [2.75, 3.05) is 20.6 Å². The molecule has 3 unspecified atom stereocenters. The van der Waals surface area contributed by atoms with Gasteiger partial charge in [0, 0.05) is 18.8 Å². The number of rotatable bonds is 8. The molecule has 0 bridgehead atoms. The summed E-state index contributed by atoms with van der Waals surface area (Å²) in [5.74, 6) is 0.514. The fourth-order valence-corrected chi connectivity index (χ4v) is 3.89. The van der Waals surface area contributed by atoms with Gasteiger partial charge in [-0.25, -0.2) is 4.39 Å². The Morgan fingerprint density at radius 3 is 2.64 bits per heavy atom. The first-order chi connectivity index (χ1) is 10.5. The van der Waals surface area contributed by atoms with Gasteiger partial charge < -0.3 is 10.2 Å². The summed E-state index contributed by atoms with van der Waals surface area (Å²) in [4.78, 5) is 2.26. The van der Waals surface area contributed by atoms with E-state index in [-0.39, 0.29) is 12.0 Å².